The van der Waals surface area contributed by atoms with Crippen LogP contribution in [0.3, 0.4) is 0 Å². The van der Waals surface area contributed by atoms with Crippen molar-refractivity contribution in [3.63, 3.8) is 0 Å². The minimum Gasteiger partial charge on any atom is -0.480 e. The average molecular weight is 271 g/mol. The van der Waals surface area contributed by atoms with Crippen molar-refractivity contribution in [1.29, 1.82) is 0 Å². The van der Waals surface area contributed by atoms with Crippen LogP contribution in [0.25, 0.3) is 0 Å². The van der Waals surface area contributed by atoms with Crippen molar-refractivity contribution in [2.24, 2.45) is 11.7 Å². The minimum atomic E-state index is -3.97. The largest absolute Gasteiger partial charge is 0.480 e. The smallest absolute Gasteiger partial charge is 0.364 e. The van der Waals surface area contributed by atoms with Crippen LogP contribution in [-0.2, 0) is 18.4 Å². The molecule has 0 radical (unpaired) electrons. The SMILES string of the molecule is CCOP(=O)(OCC)[C@@H](F)[C@H](C)[C@H](N)C(=O)O. The van der Waals surface area contributed by atoms with E-state index in [1.54, 1.807) is 13.8 Å². The molecule has 0 aliphatic carbocycles. The fourth-order valence-electron chi connectivity index (χ4n) is 1.22. The van der Waals surface area contributed by atoms with Crippen molar-refractivity contribution in [2.75, 3.05) is 13.2 Å². The molecule has 3 N–H and O–H groups in total. The Hall–Kier alpha value is -0.490. The number of nitrogens with two attached hydrogens (primary N) is 1. The molecule has 6 nitrogen and oxygen atoms in total. The molecule has 0 aliphatic heterocycles. The van der Waals surface area contributed by atoms with Crippen LogP contribution in [-0.4, -0.2) is 36.2 Å². The van der Waals surface area contributed by atoms with Gasteiger partial charge in [-0.15, -0.1) is 0 Å². The van der Waals surface area contributed by atoms with E-state index >= 15 is 0 Å². The molecule has 0 unspecified atom stereocenters. The van der Waals surface area contributed by atoms with E-state index in [1.807, 2.05) is 0 Å². The Morgan fingerprint density at radius 3 is 2.12 bits per heavy atom. The maximum atomic E-state index is 14.0. The molecule has 0 bridgehead atoms. The van der Waals surface area contributed by atoms with Gasteiger partial charge in [-0.1, -0.05) is 6.92 Å². The van der Waals surface area contributed by atoms with Crippen LogP contribution >= 0.6 is 7.60 Å². The van der Waals surface area contributed by atoms with Gasteiger partial charge in [0, 0.05) is 5.92 Å². The number of halogens is 1. The van der Waals surface area contributed by atoms with Crippen molar-refractivity contribution < 1.29 is 27.9 Å². The number of rotatable bonds is 8. The molecule has 8 heteroatoms. The molecule has 0 aromatic heterocycles. The molecule has 0 rings (SSSR count). The second kappa shape index (κ2) is 7.06. The van der Waals surface area contributed by atoms with Crippen LogP contribution in [0, 0.1) is 5.92 Å². The van der Waals surface area contributed by atoms with Gasteiger partial charge in [-0.3, -0.25) is 9.36 Å². The zero-order valence-corrected chi connectivity index (χ0v) is 11.0. The van der Waals surface area contributed by atoms with Crippen molar-refractivity contribution in [2.45, 2.75) is 32.7 Å². The Morgan fingerprint density at radius 1 is 1.41 bits per heavy atom. The second-order valence-electron chi connectivity index (χ2n) is 3.47. The first kappa shape index (κ1) is 16.5. The monoisotopic (exact) mass is 271 g/mol. The van der Waals surface area contributed by atoms with Crippen LogP contribution in [0.2, 0.25) is 0 Å². The zero-order valence-electron chi connectivity index (χ0n) is 10.1. The Morgan fingerprint density at radius 2 is 1.82 bits per heavy atom. The molecule has 0 amide bonds. The number of carboxylic acids is 1. The van der Waals surface area contributed by atoms with E-state index in [1.165, 1.54) is 6.92 Å². The lowest BCUT2D eigenvalue weighted by Gasteiger charge is -2.26. The van der Waals surface area contributed by atoms with Crippen molar-refractivity contribution in [3.8, 4) is 0 Å². The van der Waals surface area contributed by atoms with Crippen LogP contribution < -0.4 is 5.73 Å². The molecule has 0 aromatic carbocycles. The first-order chi connectivity index (χ1) is 7.80. The zero-order chi connectivity index (χ0) is 13.6. The Bertz CT molecular complexity index is 291. The summed E-state index contributed by atoms with van der Waals surface area (Å²) in [5, 5.41) is 8.66. The first-order valence-corrected chi connectivity index (χ1v) is 6.92. The van der Waals surface area contributed by atoms with Crippen LogP contribution in [0.1, 0.15) is 20.8 Å². The summed E-state index contributed by atoms with van der Waals surface area (Å²) >= 11 is 0. The number of alkyl halides is 1. The number of carboxylic acid groups (broad SMARTS) is 1. The number of aliphatic carboxylic acids is 1. The third-order valence-corrected chi connectivity index (χ3v) is 4.52. The summed E-state index contributed by atoms with van der Waals surface area (Å²) < 4.78 is 35.6. The molecule has 0 fully saturated rings. The lowest BCUT2D eigenvalue weighted by molar-refractivity contribution is -0.140. The number of hydrogen-bond acceptors (Lipinski definition) is 5. The summed E-state index contributed by atoms with van der Waals surface area (Å²) in [6.45, 7) is 4.36. The van der Waals surface area contributed by atoms with E-state index < -0.39 is 31.4 Å². The normalized spacial score (nSPS) is 17.5. The lowest BCUT2D eigenvalue weighted by Crippen LogP contribution is -2.41. The summed E-state index contributed by atoms with van der Waals surface area (Å²) in [4.78, 5) is 10.6. The topological polar surface area (TPSA) is 98.9 Å². The van der Waals surface area contributed by atoms with Gasteiger partial charge >= 0.3 is 13.6 Å². The predicted molar refractivity (Wildman–Crippen MR) is 60.5 cm³/mol. The van der Waals surface area contributed by atoms with E-state index in [-0.39, 0.29) is 13.2 Å². The van der Waals surface area contributed by atoms with Gasteiger partial charge in [0.2, 0.25) is 5.91 Å². The highest BCUT2D eigenvalue weighted by Crippen LogP contribution is 2.56. The summed E-state index contributed by atoms with van der Waals surface area (Å²) in [7, 11) is -3.97. The quantitative estimate of drug-likeness (QED) is 0.650. The van der Waals surface area contributed by atoms with Gasteiger partial charge in [0.05, 0.1) is 13.2 Å². The maximum absolute atomic E-state index is 14.0. The van der Waals surface area contributed by atoms with Gasteiger partial charge in [-0.05, 0) is 13.8 Å². The van der Waals surface area contributed by atoms with Gasteiger partial charge in [0.1, 0.15) is 6.04 Å². The third-order valence-electron chi connectivity index (χ3n) is 2.21. The van der Waals surface area contributed by atoms with Crippen molar-refractivity contribution in [1.82, 2.24) is 0 Å². The van der Waals surface area contributed by atoms with Crippen LogP contribution in [0.15, 0.2) is 0 Å². The molecule has 0 spiro atoms. The number of hydrogen-bond donors (Lipinski definition) is 2. The molecule has 3 atom stereocenters. The molecule has 102 valence electrons. The van der Waals surface area contributed by atoms with Crippen LogP contribution in [0.5, 0.6) is 0 Å². The molecule has 17 heavy (non-hydrogen) atoms. The van der Waals surface area contributed by atoms with Gasteiger partial charge < -0.3 is 19.9 Å². The number of carbonyl (C=O) groups is 1. The lowest BCUT2D eigenvalue weighted by atomic mass is 10.1. The highest BCUT2D eigenvalue weighted by atomic mass is 31.2. The second-order valence-corrected chi connectivity index (χ2v) is 5.56. The molecule has 0 saturated carbocycles. The van der Waals surface area contributed by atoms with E-state index in [0.717, 1.165) is 0 Å². The van der Waals surface area contributed by atoms with E-state index in [2.05, 4.69) is 0 Å². The molecule has 0 saturated heterocycles. The predicted octanol–water partition coefficient (Wildman–Crippen LogP) is 1.60. The fourth-order valence-corrected chi connectivity index (χ4v) is 3.06. The highest BCUT2D eigenvalue weighted by molar-refractivity contribution is 7.54. The standard InChI is InChI=1S/C9H19FNO5P/c1-4-15-17(14,16-5-2)8(10)6(3)7(11)9(12)13/h6-8H,4-5,11H2,1-3H3,(H,12,13)/t6-,7+,8-/m1/s1. The Balaban J connectivity index is 4.89. The van der Waals surface area contributed by atoms with Gasteiger partial charge in [-0.25, -0.2) is 4.39 Å². The Kier molecular flexibility index (Phi) is 6.85. The molecule has 0 aliphatic rings. The average Bonchev–Trinajstić information content (AvgIpc) is 2.26. The van der Waals surface area contributed by atoms with Gasteiger partial charge in [0.15, 0.2) is 0 Å². The molecular weight excluding hydrogens is 252 g/mol. The summed E-state index contributed by atoms with van der Waals surface area (Å²) in [5.41, 5.74) is 5.28. The summed E-state index contributed by atoms with van der Waals surface area (Å²) in [6, 6.07) is -1.46. The third kappa shape index (κ3) is 4.35. The van der Waals surface area contributed by atoms with Gasteiger partial charge in [-0.2, -0.15) is 0 Å². The van der Waals surface area contributed by atoms with E-state index in [4.69, 9.17) is 19.9 Å². The Labute approximate surface area is 99.8 Å². The van der Waals surface area contributed by atoms with Crippen molar-refractivity contribution >= 4 is 13.6 Å². The summed E-state index contributed by atoms with van der Waals surface area (Å²) in [6.07, 6.45) is 0. The highest BCUT2D eigenvalue weighted by Gasteiger charge is 2.43. The molecule has 0 aromatic rings. The van der Waals surface area contributed by atoms with Crippen molar-refractivity contribution in [3.05, 3.63) is 0 Å². The maximum Gasteiger partial charge on any atom is 0.364 e. The van der Waals surface area contributed by atoms with E-state index in [0.29, 0.717) is 0 Å². The summed E-state index contributed by atoms with van der Waals surface area (Å²) in [5.74, 6) is -4.59. The first-order valence-electron chi connectivity index (χ1n) is 5.31. The molecular formula is C9H19FNO5P. The fraction of sp³-hybridized carbons (Fsp3) is 0.889. The molecule has 0 heterocycles. The van der Waals surface area contributed by atoms with E-state index in [9.17, 15) is 13.8 Å². The van der Waals surface area contributed by atoms with Crippen LogP contribution in [0.4, 0.5) is 4.39 Å². The minimum absolute atomic E-state index is 0.00667. The van der Waals surface area contributed by atoms with Gasteiger partial charge in [0.25, 0.3) is 0 Å².